The summed E-state index contributed by atoms with van der Waals surface area (Å²) in [6, 6.07) is 0.110. The Morgan fingerprint density at radius 2 is 1.86 bits per heavy atom. The van der Waals surface area contributed by atoms with Gasteiger partial charge in [0.2, 0.25) is 5.91 Å². The number of ether oxygens (including phenoxy) is 1. The highest BCUT2D eigenvalue weighted by Crippen LogP contribution is 2.25. The molecule has 124 valence electrons. The van der Waals surface area contributed by atoms with E-state index in [2.05, 4.69) is 19.2 Å². The van der Waals surface area contributed by atoms with E-state index in [1.54, 1.807) is 0 Å². The van der Waals surface area contributed by atoms with Crippen molar-refractivity contribution in [3.05, 3.63) is 0 Å². The van der Waals surface area contributed by atoms with Crippen molar-refractivity contribution in [3.8, 4) is 0 Å². The highest BCUT2D eigenvalue weighted by molar-refractivity contribution is 5.76. The van der Waals surface area contributed by atoms with Gasteiger partial charge in [-0.3, -0.25) is 4.79 Å². The van der Waals surface area contributed by atoms with Gasteiger partial charge in [-0.1, -0.05) is 27.7 Å². The maximum atomic E-state index is 12.2. The van der Waals surface area contributed by atoms with Crippen LogP contribution in [0.4, 0.5) is 0 Å². The summed E-state index contributed by atoms with van der Waals surface area (Å²) in [5.41, 5.74) is -0.204. The molecule has 0 aromatic heterocycles. The minimum absolute atomic E-state index is 0.110. The van der Waals surface area contributed by atoms with E-state index in [9.17, 15) is 9.90 Å². The van der Waals surface area contributed by atoms with Gasteiger partial charge in [-0.05, 0) is 12.8 Å². The molecule has 5 heteroatoms. The Morgan fingerprint density at radius 3 is 2.38 bits per heavy atom. The molecule has 1 aliphatic heterocycles. The largest absolute Gasteiger partial charge is 0.392 e. The number of aliphatic hydroxyl groups is 1. The van der Waals surface area contributed by atoms with Crippen molar-refractivity contribution in [1.29, 1.82) is 0 Å². The second-order valence-corrected chi connectivity index (χ2v) is 7.16. The molecule has 0 aromatic rings. The zero-order valence-corrected chi connectivity index (χ0v) is 14.2. The van der Waals surface area contributed by atoms with Gasteiger partial charge in [-0.15, -0.1) is 0 Å². The molecule has 1 heterocycles. The lowest BCUT2D eigenvalue weighted by Crippen LogP contribution is -2.46. The summed E-state index contributed by atoms with van der Waals surface area (Å²) in [4.78, 5) is 14.0. The molecule has 0 radical (unpaired) electrons. The fourth-order valence-electron chi connectivity index (χ4n) is 2.72. The van der Waals surface area contributed by atoms with Crippen LogP contribution in [0.15, 0.2) is 0 Å². The van der Waals surface area contributed by atoms with Gasteiger partial charge in [0.1, 0.15) is 0 Å². The maximum absolute atomic E-state index is 12.2. The number of carbonyl (C=O) groups is 1. The summed E-state index contributed by atoms with van der Waals surface area (Å²) >= 11 is 0. The van der Waals surface area contributed by atoms with Crippen LogP contribution in [0.1, 0.15) is 41.0 Å². The van der Waals surface area contributed by atoms with Crippen LogP contribution in [0.2, 0.25) is 0 Å². The molecule has 0 spiro atoms. The Bertz CT molecular complexity index is 325. The number of morpholine rings is 1. The van der Waals surface area contributed by atoms with Gasteiger partial charge in [0, 0.05) is 37.5 Å². The third kappa shape index (κ3) is 5.93. The summed E-state index contributed by atoms with van der Waals surface area (Å²) in [6.45, 7) is 13.6. The smallest absolute Gasteiger partial charge is 0.224 e. The minimum Gasteiger partial charge on any atom is -0.392 e. The fraction of sp³-hybridized carbons (Fsp3) is 0.938. The lowest BCUT2D eigenvalue weighted by molar-refractivity contribution is -0.135. The van der Waals surface area contributed by atoms with Crippen molar-refractivity contribution in [3.63, 3.8) is 0 Å². The number of nitrogens with one attached hydrogen (secondary N) is 1. The molecule has 5 nitrogen and oxygen atoms in total. The molecule has 0 aliphatic carbocycles. The van der Waals surface area contributed by atoms with Crippen molar-refractivity contribution in [2.24, 2.45) is 11.3 Å². The van der Waals surface area contributed by atoms with Gasteiger partial charge in [0.15, 0.2) is 0 Å². The molecule has 1 amide bonds. The van der Waals surface area contributed by atoms with Gasteiger partial charge in [-0.25, -0.2) is 0 Å². The fourth-order valence-corrected chi connectivity index (χ4v) is 2.72. The van der Waals surface area contributed by atoms with Crippen LogP contribution in [-0.4, -0.2) is 60.9 Å². The molecule has 0 saturated carbocycles. The molecular weight excluding hydrogens is 268 g/mol. The van der Waals surface area contributed by atoms with Crippen molar-refractivity contribution in [2.75, 3.05) is 32.8 Å². The quantitative estimate of drug-likeness (QED) is 0.743. The third-order valence-electron chi connectivity index (χ3n) is 4.18. The van der Waals surface area contributed by atoms with Gasteiger partial charge >= 0.3 is 0 Å². The van der Waals surface area contributed by atoms with E-state index >= 15 is 0 Å². The minimum atomic E-state index is -0.354. The first kappa shape index (κ1) is 18.4. The number of carbonyl (C=O) groups excluding carboxylic acids is 1. The van der Waals surface area contributed by atoms with Gasteiger partial charge in [0.25, 0.3) is 0 Å². The average Bonchev–Trinajstić information content (AvgIpc) is 2.45. The van der Waals surface area contributed by atoms with E-state index in [-0.39, 0.29) is 29.4 Å². The van der Waals surface area contributed by atoms with Crippen LogP contribution in [0, 0.1) is 11.3 Å². The zero-order valence-electron chi connectivity index (χ0n) is 14.2. The molecule has 2 unspecified atom stereocenters. The first-order valence-electron chi connectivity index (χ1n) is 8.01. The Hall–Kier alpha value is -0.650. The first-order chi connectivity index (χ1) is 9.74. The highest BCUT2D eigenvalue weighted by atomic mass is 16.5. The highest BCUT2D eigenvalue weighted by Gasteiger charge is 2.30. The van der Waals surface area contributed by atoms with E-state index in [0.717, 1.165) is 0 Å². The molecule has 1 saturated heterocycles. The predicted octanol–water partition coefficient (Wildman–Crippen LogP) is 1.26. The van der Waals surface area contributed by atoms with Gasteiger partial charge in [-0.2, -0.15) is 0 Å². The maximum Gasteiger partial charge on any atom is 0.224 e. The topological polar surface area (TPSA) is 61.8 Å². The summed E-state index contributed by atoms with van der Waals surface area (Å²) in [5.74, 6) is 0.410. The van der Waals surface area contributed by atoms with Crippen LogP contribution in [0.25, 0.3) is 0 Å². The van der Waals surface area contributed by atoms with Crippen LogP contribution >= 0.6 is 0 Å². The number of amides is 1. The molecule has 21 heavy (non-hydrogen) atoms. The number of rotatable bonds is 7. The van der Waals surface area contributed by atoms with E-state index in [1.165, 1.54) is 0 Å². The van der Waals surface area contributed by atoms with Crippen LogP contribution in [-0.2, 0) is 9.53 Å². The second-order valence-electron chi connectivity index (χ2n) is 7.16. The Kier molecular flexibility index (Phi) is 7.10. The molecule has 2 atom stereocenters. The molecule has 0 aromatic carbocycles. The summed E-state index contributed by atoms with van der Waals surface area (Å²) in [5, 5.41) is 13.6. The molecular formula is C16H32N2O3. The average molecular weight is 300 g/mol. The summed E-state index contributed by atoms with van der Waals surface area (Å²) in [7, 11) is 0. The summed E-state index contributed by atoms with van der Waals surface area (Å²) < 4.78 is 5.26. The third-order valence-corrected chi connectivity index (χ3v) is 4.18. The van der Waals surface area contributed by atoms with Crippen molar-refractivity contribution >= 4 is 5.91 Å². The number of aliphatic hydroxyl groups excluding tert-OH is 1. The molecule has 1 rings (SSSR count). The lowest BCUT2D eigenvalue weighted by Gasteiger charge is -2.35. The van der Waals surface area contributed by atoms with Crippen molar-refractivity contribution in [1.82, 2.24) is 10.2 Å². The SMILES string of the molecule is CC(CC(=O)N1CCOCC1)NCC(C)(C)C(O)C(C)C. The Balaban J connectivity index is 2.36. The van der Waals surface area contributed by atoms with Gasteiger partial charge in [0.05, 0.1) is 19.3 Å². The van der Waals surface area contributed by atoms with Gasteiger partial charge < -0.3 is 20.1 Å². The number of hydrogen-bond donors (Lipinski definition) is 2. The Labute approximate surface area is 129 Å². The van der Waals surface area contributed by atoms with Crippen molar-refractivity contribution < 1.29 is 14.6 Å². The van der Waals surface area contributed by atoms with E-state index in [0.29, 0.717) is 39.3 Å². The molecule has 1 aliphatic rings. The standard InChI is InChI=1S/C16H32N2O3/c1-12(2)15(20)16(4,5)11-17-13(3)10-14(19)18-6-8-21-9-7-18/h12-13,15,17,20H,6-11H2,1-5H3. The molecule has 2 N–H and O–H groups in total. The zero-order chi connectivity index (χ0) is 16.0. The number of hydrogen-bond acceptors (Lipinski definition) is 4. The van der Waals surface area contributed by atoms with E-state index in [4.69, 9.17) is 4.74 Å². The van der Waals surface area contributed by atoms with Crippen molar-refractivity contribution in [2.45, 2.75) is 53.2 Å². The van der Waals surface area contributed by atoms with Crippen LogP contribution < -0.4 is 5.32 Å². The van der Waals surface area contributed by atoms with Crippen LogP contribution in [0.3, 0.4) is 0 Å². The normalized spacial score (nSPS) is 19.7. The monoisotopic (exact) mass is 300 g/mol. The lowest BCUT2D eigenvalue weighted by atomic mass is 9.80. The first-order valence-corrected chi connectivity index (χ1v) is 8.01. The molecule has 0 bridgehead atoms. The molecule has 1 fully saturated rings. The van der Waals surface area contributed by atoms with Crippen LogP contribution in [0.5, 0.6) is 0 Å². The second kappa shape index (κ2) is 8.11. The number of nitrogens with zero attached hydrogens (tertiary/aromatic N) is 1. The summed E-state index contributed by atoms with van der Waals surface area (Å²) in [6.07, 6.45) is 0.139. The van der Waals surface area contributed by atoms with E-state index < -0.39 is 0 Å². The van der Waals surface area contributed by atoms with E-state index in [1.807, 2.05) is 25.7 Å². The Morgan fingerprint density at radius 1 is 1.29 bits per heavy atom. The predicted molar refractivity (Wildman–Crippen MR) is 84.1 cm³/mol.